The van der Waals surface area contributed by atoms with Gasteiger partial charge in [0.2, 0.25) is 5.72 Å². The third kappa shape index (κ3) is 3.15. The lowest BCUT2D eigenvalue weighted by Gasteiger charge is -2.40. The van der Waals surface area contributed by atoms with Gasteiger partial charge in [0.1, 0.15) is 5.75 Å². The van der Waals surface area contributed by atoms with Crippen LogP contribution in [-0.4, -0.2) is 0 Å². The molecule has 0 aliphatic carbocycles. The lowest BCUT2D eigenvalue weighted by Crippen LogP contribution is -2.46. The van der Waals surface area contributed by atoms with Crippen molar-refractivity contribution in [2.45, 2.75) is 5.72 Å². The molecule has 2 N–H and O–H groups in total. The van der Waals surface area contributed by atoms with Crippen LogP contribution in [-0.2, 0) is 5.72 Å². The zero-order valence-electron chi connectivity index (χ0n) is 18.1. The fraction of sp³-hybridized carbons (Fsp3) is 0.0323. The van der Waals surface area contributed by atoms with E-state index in [2.05, 4.69) is 78.9 Å². The van der Waals surface area contributed by atoms with Crippen LogP contribution in [0.2, 0.25) is 0 Å². The van der Waals surface area contributed by atoms with Crippen LogP contribution in [0.1, 0.15) is 22.3 Å². The first-order valence-corrected chi connectivity index (χ1v) is 11.2. The van der Waals surface area contributed by atoms with Gasteiger partial charge in [-0.2, -0.15) is 0 Å². The second-order valence-electron chi connectivity index (χ2n) is 8.35. The molecule has 2 nitrogen and oxygen atoms in total. The van der Waals surface area contributed by atoms with Crippen molar-refractivity contribution < 1.29 is 4.74 Å². The van der Waals surface area contributed by atoms with Gasteiger partial charge in [-0.3, -0.25) is 5.73 Å². The Morgan fingerprint density at radius 1 is 0.545 bits per heavy atom. The molecule has 1 atom stereocenters. The monoisotopic (exact) mass is 425 g/mol. The molecule has 0 saturated carbocycles. The number of hydrogen-bond donors (Lipinski definition) is 1. The standard InChI is InChI=1S/C31H23NO/c32-31(25-17-8-3-9-18-25)30(24-15-6-2-7-16-24)28(23-13-4-1-5-14-23)29-26-19-11-10-12-22(26)20-21-27(29)33-31/h1-21H,32H2. The SMILES string of the molecule is NC1(c2ccccc2)Oc2ccc3ccccc3c2C(c2ccccc2)=C1c1ccccc1. The predicted octanol–water partition coefficient (Wildman–Crippen LogP) is 7.00. The van der Waals surface area contributed by atoms with Crippen molar-refractivity contribution in [3.63, 3.8) is 0 Å². The molecule has 158 valence electrons. The summed E-state index contributed by atoms with van der Waals surface area (Å²) < 4.78 is 6.75. The van der Waals surface area contributed by atoms with E-state index in [0.29, 0.717) is 0 Å². The Morgan fingerprint density at radius 3 is 1.82 bits per heavy atom. The Kier molecular flexibility index (Phi) is 4.60. The minimum absolute atomic E-state index is 0.790. The fourth-order valence-electron chi connectivity index (χ4n) is 4.88. The van der Waals surface area contributed by atoms with Gasteiger partial charge >= 0.3 is 0 Å². The van der Waals surface area contributed by atoms with Crippen molar-refractivity contribution >= 4 is 21.9 Å². The molecule has 5 aromatic rings. The predicted molar refractivity (Wildman–Crippen MR) is 136 cm³/mol. The molecule has 0 saturated heterocycles. The molecule has 1 unspecified atom stereocenters. The van der Waals surface area contributed by atoms with Crippen molar-refractivity contribution in [2.75, 3.05) is 0 Å². The number of fused-ring (bicyclic) bond motifs is 3. The lowest BCUT2D eigenvalue weighted by molar-refractivity contribution is 0.135. The summed E-state index contributed by atoms with van der Waals surface area (Å²) in [5.41, 5.74) is 12.3. The van der Waals surface area contributed by atoms with E-state index in [1.165, 1.54) is 5.39 Å². The summed E-state index contributed by atoms with van der Waals surface area (Å²) in [5, 5.41) is 2.32. The quantitative estimate of drug-likeness (QED) is 0.338. The molecular formula is C31H23NO. The third-order valence-electron chi connectivity index (χ3n) is 6.36. The fourth-order valence-corrected chi connectivity index (χ4v) is 4.88. The molecule has 1 aliphatic heterocycles. The van der Waals surface area contributed by atoms with Crippen molar-refractivity contribution in [3.05, 3.63) is 150 Å². The molecule has 6 rings (SSSR count). The number of ether oxygens (including phenoxy) is 1. The Morgan fingerprint density at radius 2 is 1.12 bits per heavy atom. The number of hydrogen-bond acceptors (Lipinski definition) is 2. The Bertz CT molecular complexity index is 1470. The van der Waals surface area contributed by atoms with Crippen molar-refractivity contribution in [3.8, 4) is 5.75 Å². The zero-order valence-corrected chi connectivity index (χ0v) is 18.1. The highest BCUT2D eigenvalue weighted by Crippen LogP contribution is 2.51. The molecule has 1 aliphatic rings. The van der Waals surface area contributed by atoms with Crippen molar-refractivity contribution in [1.29, 1.82) is 0 Å². The molecule has 0 aromatic heterocycles. The summed E-state index contributed by atoms with van der Waals surface area (Å²) in [6.45, 7) is 0. The average molecular weight is 426 g/mol. The van der Waals surface area contributed by atoms with E-state index in [1.54, 1.807) is 0 Å². The second-order valence-corrected chi connectivity index (χ2v) is 8.35. The van der Waals surface area contributed by atoms with Gasteiger partial charge in [-0.15, -0.1) is 0 Å². The highest BCUT2D eigenvalue weighted by Gasteiger charge is 2.42. The largest absolute Gasteiger partial charge is 0.464 e. The normalized spacial score (nSPS) is 17.5. The maximum Gasteiger partial charge on any atom is 0.212 e. The maximum atomic E-state index is 7.26. The van der Waals surface area contributed by atoms with Crippen LogP contribution in [0.15, 0.2) is 127 Å². The Labute approximate surface area is 193 Å². The van der Waals surface area contributed by atoms with Gasteiger partial charge in [0, 0.05) is 22.3 Å². The molecule has 5 aromatic carbocycles. The first kappa shape index (κ1) is 19.5. The van der Waals surface area contributed by atoms with Gasteiger partial charge in [0.15, 0.2) is 0 Å². The summed E-state index contributed by atoms with van der Waals surface area (Å²) in [6, 6.07) is 43.6. The molecular weight excluding hydrogens is 402 g/mol. The molecule has 0 bridgehead atoms. The number of rotatable bonds is 3. The van der Waals surface area contributed by atoms with Crippen molar-refractivity contribution in [1.82, 2.24) is 0 Å². The molecule has 0 fully saturated rings. The molecule has 2 heteroatoms. The molecule has 1 heterocycles. The summed E-state index contributed by atoms with van der Waals surface area (Å²) in [7, 11) is 0. The summed E-state index contributed by atoms with van der Waals surface area (Å²) in [5.74, 6) is 0.790. The summed E-state index contributed by atoms with van der Waals surface area (Å²) in [6.07, 6.45) is 0. The van der Waals surface area contributed by atoms with E-state index in [1.807, 2.05) is 48.5 Å². The minimum Gasteiger partial charge on any atom is -0.464 e. The van der Waals surface area contributed by atoms with Crippen LogP contribution in [0, 0.1) is 0 Å². The molecule has 0 spiro atoms. The lowest BCUT2D eigenvalue weighted by atomic mass is 9.78. The van der Waals surface area contributed by atoms with E-state index >= 15 is 0 Å². The highest BCUT2D eigenvalue weighted by molar-refractivity contribution is 6.11. The van der Waals surface area contributed by atoms with Crippen LogP contribution in [0.25, 0.3) is 21.9 Å². The third-order valence-corrected chi connectivity index (χ3v) is 6.36. The maximum absolute atomic E-state index is 7.26. The van der Waals surface area contributed by atoms with Gasteiger partial charge in [-0.25, -0.2) is 0 Å². The topological polar surface area (TPSA) is 35.2 Å². The number of benzene rings is 5. The molecule has 33 heavy (non-hydrogen) atoms. The first-order chi connectivity index (χ1) is 16.3. The Balaban J connectivity index is 1.81. The average Bonchev–Trinajstić information content (AvgIpc) is 2.89. The minimum atomic E-state index is -1.15. The van der Waals surface area contributed by atoms with Crippen LogP contribution in [0.5, 0.6) is 5.75 Å². The van der Waals surface area contributed by atoms with Gasteiger partial charge in [0.05, 0.1) is 0 Å². The van der Waals surface area contributed by atoms with Gasteiger partial charge in [0.25, 0.3) is 0 Å². The smallest absolute Gasteiger partial charge is 0.212 e. The van der Waals surface area contributed by atoms with Crippen LogP contribution in [0.3, 0.4) is 0 Å². The summed E-state index contributed by atoms with van der Waals surface area (Å²) in [4.78, 5) is 0. The van der Waals surface area contributed by atoms with Crippen LogP contribution >= 0.6 is 0 Å². The molecule has 0 radical (unpaired) electrons. The van der Waals surface area contributed by atoms with E-state index in [4.69, 9.17) is 10.5 Å². The molecule has 0 amide bonds. The van der Waals surface area contributed by atoms with Gasteiger partial charge in [-0.05, 0) is 28.0 Å². The second kappa shape index (κ2) is 7.77. The van der Waals surface area contributed by atoms with Crippen LogP contribution < -0.4 is 10.5 Å². The highest BCUT2D eigenvalue weighted by atomic mass is 16.5. The first-order valence-electron chi connectivity index (χ1n) is 11.2. The van der Waals surface area contributed by atoms with E-state index in [9.17, 15) is 0 Å². The van der Waals surface area contributed by atoms with Gasteiger partial charge < -0.3 is 4.74 Å². The Hall–Kier alpha value is -4.14. The zero-order chi connectivity index (χ0) is 22.3. The van der Waals surface area contributed by atoms with E-state index in [-0.39, 0.29) is 0 Å². The van der Waals surface area contributed by atoms with E-state index in [0.717, 1.165) is 44.5 Å². The summed E-state index contributed by atoms with van der Waals surface area (Å²) >= 11 is 0. The van der Waals surface area contributed by atoms with Crippen LogP contribution in [0.4, 0.5) is 0 Å². The van der Waals surface area contributed by atoms with E-state index < -0.39 is 5.72 Å². The van der Waals surface area contributed by atoms with Crippen molar-refractivity contribution in [2.24, 2.45) is 5.73 Å². The van der Waals surface area contributed by atoms with Gasteiger partial charge in [-0.1, -0.05) is 121 Å². The number of nitrogens with two attached hydrogens (primary N) is 1.